The van der Waals surface area contributed by atoms with Gasteiger partial charge in [-0.15, -0.1) is 0 Å². The zero-order chi connectivity index (χ0) is 16.1. The average Bonchev–Trinajstić information content (AvgIpc) is 3.00. The lowest BCUT2D eigenvalue weighted by Gasteiger charge is -2.21. The van der Waals surface area contributed by atoms with Gasteiger partial charge in [0.25, 0.3) is 0 Å². The smallest absolute Gasteiger partial charge is 0.222 e. The molecule has 0 radical (unpaired) electrons. The summed E-state index contributed by atoms with van der Waals surface area (Å²) >= 11 is 0. The van der Waals surface area contributed by atoms with Crippen LogP contribution in [0, 0.1) is 0 Å². The molecule has 1 aromatic carbocycles. The van der Waals surface area contributed by atoms with Crippen LogP contribution in [0.4, 0.5) is 0 Å². The van der Waals surface area contributed by atoms with Gasteiger partial charge in [-0.05, 0) is 30.0 Å². The molecule has 1 aliphatic rings. The molecule has 0 bridgehead atoms. The maximum absolute atomic E-state index is 11.7. The third kappa shape index (κ3) is 4.42. The van der Waals surface area contributed by atoms with Crippen molar-refractivity contribution >= 4 is 5.91 Å². The number of benzene rings is 1. The molecule has 1 fully saturated rings. The number of carbonyl (C=O) groups excluding carboxylic acids is 1. The van der Waals surface area contributed by atoms with Crippen molar-refractivity contribution in [3.8, 4) is 0 Å². The van der Waals surface area contributed by atoms with Crippen molar-refractivity contribution < 1.29 is 4.79 Å². The number of carbonyl (C=O) groups is 1. The third-order valence-electron chi connectivity index (χ3n) is 4.38. The van der Waals surface area contributed by atoms with Gasteiger partial charge in [-0.1, -0.05) is 24.3 Å². The Bertz CT molecular complexity index is 621. The van der Waals surface area contributed by atoms with Crippen LogP contribution in [0.2, 0.25) is 0 Å². The minimum absolute atomic E-state index is 0.261. The van der Waals surface area contributed by atoms with Crippen LogP contribution in [0.5, 0.6) is 0 Å². The van der Waals surface area contributed by atoms with E-state index in [1.165, 1.54) is 11.1 Å². The zero-order valence-electron chi connectivity index (χ0n) is 13.6. The standard InChI is InChI=1S/C18H24N4O/c1-21-14-17(4-2-5-18(21)23)19-12-15-6-8-16(9-7-15)13-22-11-3-10-20-22/h3,6-11,17,19H,2,4-5,12-14H2,1H3. The second kappa shape index (κ2) is 7.42. The van der Waals surface area contributed by atoms with E-state index in [-0.39, 0.29) is 5.91 Å². The number of nitrogens with zero attached hydrogens (tertiary/aromatic N) is 3. The van der Waals surface area contributed by atoms with E-state index in [2.05, 4.69) is 34.7 Å². The van der Waals surface area contributed by atoms with Crippen molar-refractivity contribution in [2.45, 2.75) is 38.4 Å². The van der Waals surface area contributed by atoms with Gasteiger partial charge in [-0.3, -0.25) is 9.48 Å². The number of rotatable bonds is 5. The van der Waals surface area contributed by atoms with Gasteiger partial charge in [0, 0.05) is 45.0 Å². The molecule has 1 atom stereocenters. The Hall–Kier alpha value is -2.14. The highest BCUT2D eigenvalue weighted by molar-refractivity contribution is 5.76. The average molecular weight is 312 g/mol. The maximum atomic E-state index is 11.7. The summed E-state index contributed by atoms with van der Waals surface area (Å²) in [5.74, 6) is 0.261. The lowest BCUT2D eigenvalue weighted by molar-refractivity contribution is -0.129. The number of hydrogen-bond donors (Lipinski definition) is 1. The molecule has 5 nitrogen and oxygen atoms in total. The van der Waals surface area contributed by atoms with Gasteiger partial charge >= 0.3 is 0 Å². The Morgan fingerprint density at radius 3 is 2.78 bits per heavy atom. The van der Waals surface area contributed by atoms with Crippen LogP contribution in [-0.4, -0.2) is 40.2 Å². The minimum Gasteiger partial charge on any atom is -0.344 e. The molecular formula is C18H24N4O. The molecule has 1 saturated heterocycles. The molecule has 1 amide bonds. The first kappa shape index (κ1) is 15.7. The monoisotopic (exact) mass is 312 g/mol. The second-order valence-electron chi connectivity index (χ2n) is 6.26. The molecule has 2 heterocycles. The molecule has 0 aliphatic carbocycles. The van der Waals surface area contributed by atoms with E-state index in [9.17, 15) is 4.79 Å². The van der Waals surface area contributed by atoms with Crippen LogP contribution < -0.4 is 5.32 Å². The van der Waals surface area contributed by atoms with Crippen LogP contribution in [0.15, 0.2) is 42.7 Å². The Kier molecular flexibility index (Phi) is 5.08. The number of hydrogen-bond acceptors (Lipinski definition) is 3. The highest BCUT2D eigenvalue weighted by Crippen LogP contribution is 2.12. The summed E-state index contributed by atoms with van der Waals surface area (Å²) in [5, 5.41) is 7.81. The number of amides is 1. The van der Waals surface area contributed by atoms with Gasteiger partial charge in [-0.2, -0.15) is 5.10 Å². The van der Waals surface area contributed by atoms with Crippen LogP contribution in [0.1, 0.15) is 30.4 Å². The molecule has 0 saturated carbocycles. The van der Waals surface area contributed by atoms with Crippen molar-refractivity contribution in [3.63, 3.8) is 0 Å². The molecule has 1 unspecified atom stereocenters. The molecule has 23 heavy (non-hydrogen) atoms. The summed E-state index contributed by atoms with van der Waals surface area (Å²) in [5.41, 5.74) is 2.52. The van der Waals surface area contributed by atoms with E-state index in [0.29, 0.717) is 12.5 Å². The summed E-state index contributed by atoms with van der Waals surface area (Å²) < 4.78 is 1.92. The van der Waals surface area contributed by atoms with Crippen LogP contribution in [0.3, 0.4) is 0 Å². The summed E-state index contributed by atoms with van der Waals surface area (Å²) in [6.45, 7) is 2.45. The van der Waals surface area contributed by atoms with Crippen molar-refractivity contribution in [1.29, 1.82) is 0 Å². The molecule has 1 aliphatic heterocycles. The lowest BCUT2D eigenvalue weighted by atomic mass is 10.1. The highest BCUT2D eigenvalue weighted by Gasteiger charge is 2.19. The maximum Gasteiger partial charge on any atom is 0.222 e. The van der Waals surface area contributed by atoms with Gasteiger partial charge in [0.15, 0.2) is 0 Å². The number of nitrogens with one attached hydrogen (secondary N) is 1. The molecule has 0 spiro atoms. The van der Waals surface area contributed by atoms with E-state index in [0.717, 1.165) is 32.5 Å². The number of likely N-dealkylation sites (tertiary alicyclic amines) is 1. The Balaban J connectivity index is 1.51. The van der Waals surface area contributed by atoms with Gasteiger partial charge in [0.1, 0.15) is 0 Å². The van der Waals surface area contributed by atoms with Crippen molar-refractivity contribution in [2.75, 3.05) is 13.6 Å². The number of likely N-dealkylation sites (N-methyl/N-ethyl adjacent to an activating group) is 1. The van der Waals surface area contributed by atoms with Gasteiger partial charge in [-0.25, -0.2) is 0 Å². The molecule has 2 aromatic rings. The fraction of sp³-hybridized carbons (Fsp3) is 0.444. The Morgan fingerprint density at radius 1 is 1.26 bits per heavy atom. The number of aromatic nitrogens is 2. The van der Waals surface area contributed by atoms with Crippen molar-refractivity contribution in [3.05, 3.63) is 53.9 Å². The van der Waals surface area contributed by atoms with E-state index >= 15 is 0 Å². The summed E-state index contributed by atoms with van der Waals surface area (Å²) in [7, 11) is 1.90. The SMILES string of the molecule is CN1CC(NCc2ccc(Cn3cccn3)cc2)CCCC1=O. The molecule has 5 heteroatoms. The van der Waals surface area contributed by atoms with Crippen LogP contribution in [0.25, 0.3) is 0 Å². The summed E-state index contributed by atoms with van der Waals surface area (Å²) in [6, 6.07) is 11.0. The first-order valence-corrected chi connectivity index (χ1v) is 8.23. The fourth-order valence-corrected chi connectivity index (χ4v) is 2.99. The van der Waals surface area contributed by atoms with Crippen molar-refractivity contribution in [2.24, 2.45) is 0 Å². The largest absolute Gasteiger partial charge is 0.344 e. The van der Waals surface area contributed by atoms with Crippen LogP contribution in [-0.2, 0) is 17.9 Å². The fourth-order valence-electron chi connectivity index (χ4n) is 2.99. The predicted molar refractivity (Wildman–Crippen MR) is 89.9 cm³/mol. The summed E-state index contributed by atoms with van der Waals surface area (Å²) in [4.78, 5) is 13.5. The quantitative estimate of drug-likeness (QED) is 0.919. The highest BCUT2D eigenvalue weighted by atomic mass is 16.2. The molecular weight excluding hydrogens is 288 g/mol. The molecule has 122 valence electrons. The van der Waals surface area contributed by atoms with E-state index < -0.39 is 0 Å². The Morgan fingerprint density at radius 2 is 2.04 bits per heavy atom. The summed E-state index contributed by atoms with van der Waals surface area (Å²) in [6.07, 6.45) is 6.49. The van der Waals surface area contributed by atoms with Gasteiger partial charge < -0.3 is 10.2 Å². The van der Waals surface area contributed by atoms with Gasteiger partial charge in [0.2, 0.25) is 5.91 Å². The first-order valence-electron chi connectivity index (χ1n) is 8.23. The molecule has 1 N–H and O–H groups in total. The Labute approximate surface area is 137 Å². The van der Waals surface area contributed by atoms with Crippen molar-refractivity contribution in [1.82, 2.24) is 20.0 Å². The van der Waals surface area contributed by atoms with Gasteiger partial charge in [0.05, 0.1) is 6.54 Å². The normalized spacial score (nSPS) is 18.9. The molecule has 3 rings (SSSR count). The van der Waals surface area contributed by atoms with E-state index in [1.54, 1.807) is 6.20 Å². The van der Waals surface area contributed by atoms with E-state index in [4.69, 9.17) is 0 Å². The topological polar surface area (TPSA) is 50.2 Å². The first-order chi connectivity index (χ1) is 11.2. The molecule has 1 aromatic heterocycles. The van der Waals surface area contributed by atoms with Crippen LogP contribution >= 0.6 is 0 Å². The third-order valence-corrected chi connectivity index (χ3v) is 4.38. The van der Waals surface area contributed by atoms with E-state index in [1.807, 2.05) is 28.9 Å². The lowest BCUT2D eigenvalue weighted by Crippen LogP contribution is -2.39. The minimum atomic E-state index is 0.261. The zero-order valence-corrected chi connectivity index (χ0v) is 13.6. The predicted octanol–water partition coefficient (Wildman–Crippen LogP) is 2.03. The second-order valence-corrected chi connectivity index (χ2v) is 6.26.